The van der Waals surface area contributed by atoms with Crippen molar-refractivity contribution >= 4 is 34.2 Å². The lowest BCUT2D eigenvalue weighted by Crippen LogP contribution is -2.58. The summed E-state index contributed by atoms with van der Waals surface area (Å²) in [6.45, 7) is 9.58. The van der Waals surface area contributed by atoms with Crippen LogP contribution in [0.25, 0.3) is 10.9 Å². The number of hydrogen-bond donors (Lipinski definition) is 3. The van der Waals surface area contributed by atoms with E-state index in [0.29, 0.717) is 35.5 Å². The summed E-state index contributed by atoms with van der Waals surface area (Å²) >= 11 is 0. The number of hydrogen-bond acceptors (Lipinski definition) is 7. The maximum atomic E-state index is 13.5. The summed E-state index contributed by atoms with van der Waals surface area (Å²) in [6, 6.07) is 9.76. The van der Waals surface area contributed by atoms with Crippen LogP contribution in [0, 0.1) is 5.41 Å². The number of aromatic amines is 1. The van der Waals surface area contributed by atoms with Crippen molar-refractivity contribution < 1.29 is 9.59 Å². The van der Waals surface area contributed by atoms with Gasteiger partial charge in [0.25, 0.3) is 0 Å². The largest absolute Gasteiger partial charge is 0.383 e. The van der Waals surface area contributed by atoms with Gasteiger partial charge in [-0.2, -0.15) is 5.10 Å². The first kappa shape index (κ1) is 25.6. The molecule has 0 saturated carbocycles. The molecule has 3 heterocycles. The van der Waals surface area contributed by atoms with Gasteiger partial charge in [-0.1, -0.05) is 44.2 Å². The minimum Gasteiger partial charge on any atom is -0.383 e. The predicted molar refractivity (Wildman–Crippen MR) is 141 cm³/mol. The highest BCUT2D eigenvalue weighted by Gasteiger charge is 2.39. The van der Waals surface area contributed by atoms with E-state index >= 15 is 0 Å². The van der Waals surface area contributed by atoms with E-state index in [-0.39, 0.29) is 17.5 Å². The molecular weight excluding hydrogens is 456 g/mol. The van der Waals surface area contributed by atoms with Crippen molar-refractivity contribution in [1.29, 1.82) is 0 Å². The number of nitrogens with zero attached hydrogens (tertiary/aromatic N) is 5. The number of fused-ring (bicyclic) bond motifs is 1. The van der Waals surface area contributed by atoms with Crippen molar-refractivity contribution in [2.75, 3.05) is 51.3 Å². The highest BCUT2D eigenvalue weighted by Crippen LogP contribution is 2.31. The molecule has 1 aliphatic heterocycles. The molecule has 36 heavy (non-hydrogen) atoms. The Morgan fingerprint density at radius 1 is 1.19 bits per heavy atom. The number of benzene rings is 1. The fraction of sp³-hybridized carbons (Fsp3) is 0.462. The van der Waals surface area contributed by atoms with Gasteiger partial charge >= 0.3 is 11.8 Å². The molecule has 1 aromatic carbocycles. The van der Waals surface area contributed by atoms with Gasteiger partial charge < -0.3 is 20.9 Å². The summed E-state index contributed by atoms with van der Waals surface area (Å²) in [5, 5.41) is 10.1. The van der Waals surface area contributed by atoms with Crippen molar-refractivity contribution in [2.45, 2.75) is 32.9 Å². The van der Waals surface area contributed by atoms with Crippen LogP contribution >= 0.6 is 0 Å². The first-order valence-electron chi connectivity index (χ1n) is 12.2. The first-order chi connectivity index (χ1) is 17.1. The summed E-state index contributed by atoms with van der Waals surface area (Å²) < 4.78 is 0. The molecule has 0 aliphatic carbocycles. The normalized spacial score (nSPS) is 19.1. The zero-order valence-corrected chi connectivity index (χ0v) is 21.7. The second-order valence-electron chi connectivity index (χ2n) is 10.7. The number of amides is 2. The first-order valence-corrected chi connectivity index (χ1v) is 12.2. The average molecular weight is 493 g/mol. The van der Waals surface area contributed by atoms with Gasteiger partial charge in [0.2, 0.25) is 0 Å². The molecule has 10 nitrogen and oxygen atoms in total. The Morgan fingerprint density at radius 3 is 2.61 bits per heavy atom. The Kier molecular flexibility index (Phi) is 7.28. The van der Waals surface area contributed by atoms with Crippen LogP contribution in [-0.4, -0.2) is 88.0 Å². The SMILES string of the molecule is C[C@@H]1CN(C(=O)C(=O)Nc2cnc(N)c3cn[nH]c23)[C@@H](c2ccccc2)CN1CC(C)(C)CN(C)C. The Balaban J connectivity index is 1.57. The van der Waals surface area contributed by atoms with Crippen LogP contribution in [-0.2, 0) is 9.59 Å². The molecule has 1 saturated heterocycles. The van der Waals surface area contributed by atoms with E-state index in [2.05, 4.69) is 65.2 Å². The monoisotopic (exact) mass is 492 g/mol. The maximum Gasteiger partial charge on any atom is 0.314 e. The minimum atomic E-state index is -0.716. The highest BCUT2D eigenvalue weighted by atomic mass is 16.2. The third-order valence-corrected chi connectivity index (χ3v) is 6.65. The second-order valence-corrected chi connectivity index (χ2v) is 10.7. The molecular formula is C26H36N8O2. The molecule has 0 radical (unpaired) electrons. The Hall–Kier alpha value is -3.50. The smallest absolute Gasteiger partial charge is 0.314 e. The number of carbonyl (C=O) groups is 2. The van der Waals surface area contributed by atoms with Crippen molar-refractivity contribution in [2.24, 2.45) is 5.41 Å². The van der Waals surface area contributed by atoms with Gasteiger partial charge in [-0.25, -0.2) is 4.98 Å². The van der Waals surface area contributed by atoms with Gasteiger partial charge in [0.15, 0.2) is 0 Å². The summed E-state index contributed by atoms with van der Waals surface area (Å²) in [7, 11) is 4.17. The van der Waals surface area contributed by atoms with Crippen LogP contribution in [0.2, 0.25) is 0 Å². The third kappa shape index (κ3) is 5.50. The number of pyridine rings is 1. The Morgan fingerprint density at radius 2 is 1.92 bits per heavy atom. The van der Waals surface area contributed by atoms with Gasteiger partial charge in [0.05, 0.1) is 35.0 Å². The number of nitrogens with two attached hydrogens (primary N) is 1. The summed E-state index contributed by atoms with van der Waals surface area (Å²) in [5.74, 6) is -0.992. The van der Waals surface area contributed by atoms with Crippen LogP contribution in [0.4, 0.5) is 11.5 Å². The third-order valence-electron chi connectivity index (χ3n) is 6.65. The van der Waals surface area contributed by atoms with E-state index in [1.54, 1.807) is 11.1 Å². The number of piperazine rings is 1. The van der Waals surface area contributed by atoms with Crippen LogP contribution in [0.15, 0.2) is 42.7 Å². The molecule has 2 amide bonds. The molecule has 1 aliphatic rings. The lowest BCUT2D eigenvalue weighted by atomic mass is 9.90. The highest BCUT2D eigenvalue weighted by molar-refractivity contribution is 6.40. The lowest BCUT2D eigenvalue weighted by molar-refractivity contribution is -0.148. The van der Waals surface area contributed by atoms with Crippen LogP contribution < -0.4 is 11.1 Å². The van der Waals surface area contributed by atoms with Gasteiger partial charge in [0.1, 0.15) is 5.82 Å². The van der Waals surface area contributed by atoms with Gasteiger partial charge in [0, 0.05) is 32.2 Å². The summed E-state index contributed by atoms with van der Waals surface area (Å²) in [4.78, 5) is 37.1. The van der Waals surface area contributed by atoms with Crippen molar-refractivity contribution in [3.63, 3.8) is 0 Å². The topological polar surface area (TPSA) is 123 Å². The fourth-order valence-corrected chi connectivity index (χ4v) is 5.24. The maximum absolute atomic E-state index is 13.5. The zero-order chi connectivity index (χ0) is 26.0. The number of aromatic nitrogens is 3. The van der Waals surface area contributed by atoms with E-state index in [9.17, 15) is 9.59 Å². The Bertz CT molecular complexity index is 1220. The van der Waals surface area contributed by atoms with Crippen molar-refractivity contribution in [3.8, 4) is 0 Å². The minimum absolute atomic E-state index is 0.0696. The number of anilines is 2. The second kappa shape index (κ2) is 10.2. The number of carbonyl (C=O) groups excluding carboxylic acids is 2. The number of nitrogen functional groups attached to an aromatic ring is 1. The summed E-state index contributed by atoms with van der Waals surface area (Å²) in [5.41, 5.74) is 7.86. The number of H-pyrrole nitrogens is 1. The van der Waals surface area contributed by atoms with E-state index in [1.807, 2.05) is 30.3 Å². The fourth-order valence-electron chi connectivity index (χ4n) is 5.24. The molecule has 192 valence electrons. The zero-order valence-electron chi connectivity index (χ0n) is 21.7. The Labute approximate surface area is 211 Å². The summed E-state index contributed by atoms with van der Waals surface area (Å²) in [6.07, 6.45) is 2.97. The van der Waals surface area contributed by atoms with E-state index in [4.69, 9.17) is 5.73 Å². The average Bonchev–Trinajstić information content (AvgIpc) is 3.32. The van der Waals surface area contributed by atoms with E-state index < -0.39 is 11.8 Å². The molecule has 0 bridgehead atoms. The molecule has 10 heteroatoms. The molecule has 2 atom stereocenters. The standard InChI is InChI=1S/C26H36N8O2/c1-17-13-34(25(36)24(35)30-20-12-28-23(27)19-11-29-31-22(19)20)21(18-9-7-6-8-10-18)14-33(17)16-26(2,3)15-32(4)5/h6-12,17,21H,13-16H2,1-5H3,(H2,27,28)(H,29,31)(H,30,35)/t17-,21-/m1/s1. The van der Waals surface area contributed by atoms with E-state index in [1.165, 1.54) is 6.20 Å². The van der Waals surface area contributed by atoms with Crippen LogP contribution in [0.1, 0.15) is 32.4 Å². The molecule has 4 N–H and O–H groups in total. The van der Waals surface area contributed by atoms with Gasteiger partial charge in [-0.15, -0.1) is 0 Å². The molecule has 0 spiro atoms. The van der Waals surface area contributed by atoms with E-state index in [0.717, 1.165) is 18.7 Å². The number of rotatable bonds is 6. The van der Waals surface area contributed by atoms with Crippen LogP contribution in [0.5, 0.6) is 0 Å². The van der Waals surface area contributed by atoms with Gasteiger partial charge in [-0.3, -0.25) is 19.6 Å². The lowest BCUT2D eigenvalue weighted by Gasteiger charge is -2.47. The quantitative estimate of drug-likeness (QED) is 0.451. The van der Waals surface area contributed by atoms with Crippen molar-refractivity contribution in [3.05, 3.63) is 48.3 Å². The van der Waals surface area contributed by atoms with Crippen molar-refractivity contribution in [1.82, 2.24) is 29.9 Å². The molecule has 2 aromatic heterocycles. The molecule has 3 aromatic rings. The predicted octanol–water partition coefficient (Wildman–Crippen LogP) is 2.34. The molecule has 1 fully saturated rings. The molecule has 0 unspecified atom stereocenters. The number of nitrogens with one attached hydrogen (secondary N) is 2. The van der Waals surface area contributed by atoms with Crippen LogP contribution in [0.3, 0.4) is 0 Å². The molecule has 4 rings (SSSR count). The van der Waals surface area contributed by atoms with Gasteiger partial charge in [-0.05, 0) is 32.0 Å².